The van der Waals surface area contributed by atoms with Crippen LogP contribution in [0.5, 0.6) is 5.75 Å². The topological polar surface area (TPSA) is 52.8 Å². The molecule has 0 fully saturated rings. The number of halogens is 2. The summed E-state index contributed by atoms with van der Waals surface area (Å²) in [6, 6.07) is 12.0. The van der Waals surface area contributed by atoms with E-state index in [0.717, 1.165) is 5.56 Å². The molecule has 21 heavy (non-hydrogen) atoms. The summed E-state index contributed by atoms with van der Waals surface area (Å²) >= 11 is 12.0. The zero-order chi connectivity index (χ0) is 15.2. The summed E-state index contributed by atoms with van der Waals surface area (Å²) in [5.41, 5.74) is 1.94. The number of phenolic OH excluding ortho intramolecular Hbond substituents is 1. The van der Waals surface area contributed by atoms with E-state index >= 15 is 0 Å². The molecule has 2 aromatic rings. The fourth-order valence-electron chi connectivity index (χ4n) is 1.93. The average molecular weight is 324 g/mol. The van der Waals surface area contributed by atoms with Gasteiger partial charge in [0.1, 0.15) is 5.75 Å². The van der Waals surface area contributed by atoms with Crippen LogP contribution in [0.3, 0.4) is 0 Å². The van der Waals surface area contributed by atoms with Gasteiger partial charge in [-0.15, -0.1) is 0 Å². The van der Waals surface area contributed by atoms with Crippen molar-refractivity contribution in [2.45, 2.75) is 6.42 Å². The molecule has 0 radical (unpaired) electrons. The highest BCUT2D eigenvalue weighted by Gasteiger charge is 2.12. The Morgan fingerprint density at radius 3 is 2.52 bits per heavy atom. The third-order valence-corrected chi connectivity index (χ3v) is 3.37. The summed E-state index contributed by atoms with van der Waals surface area (Å²) in [6.45, 7) is 0.512. The predicted molar refractivity (Wildman–Crippen MR) is 86.8 cm³/mol. The van der Waals surface area contributed by atoms with Crippen molar-refractivity contribution in [3.8, 4) is 5.75 Å². The second-order valence-electron chi connectivity index (χ2n) is 4.48. The lowest BCUT2D eigenvalue weighted by Crippen LogP contribution is -2.06. The largest absolute Gasteiger partial charge is 0.507 e. The summed E-state index contributed by atoms with van der Waals surface area (Å²) in [6.07, 6.45) is 0.547. The average Bonchev–Trinajstić information content (AvgIpc) is 2.47. The van der Waals surface area contributed by atoms with Crippen molar-refractivity contribution in [1.29, 1.82) is 0 Å². The van der Waals surface area contributed by atoms with E-state index in [9.17, 15) is 5.11 Å². The van der Waals surface area contributed by atoms with Crippen molar-refractivity contribution < 1.29 is 10.2 Å². The van der Waals surface area contributed by atoms with E-state index in [0.29, 0.717) is 34.3 Å². The first-order valence-electron chi connectivity index (χ1n) is 6.52. The van der Waals surface area contributed by atoms with Crippen LogP contribution in [-0.4, -0.2) is 29.1 Å². The number of hydrogen-bond donors (Lipinski definition) is 2. The van der Waals surface area contributed by atoms with Crippen LogP contribution in [-0.2, 0) is 0 Å². The normalized spacial score (nSPS) is 11.7. The van der Waals surface area contributed by atoms with Crippen molar-refractivity contribution in [1.82, 2.24) is 0 Å². The fourth-order valence-corrected chi connectivity index (χ4v) is 2.29. The highest BCUT2D eigenvalue weighted by molar-refractivity contribution is 6.32. The Morgan fingerprint density at radius 2 is 1.81 bits per heavy atom. The lowest BCUT2D eigenvalue weighted by atomic mass is 10.0. The van der Waals surface area contributed by atoms with Gasteiger partial charge in [0.2, 0.25) is 0 Å². The van der Waals surface area contributed by atoms with Crippen LogP contribution >= 0.6 is 23.2 Å². The van der Waals surface area contributed by atoms with Gasteiger partial charge in [0.15, 0.2) is 0 Å². The van der Waals surface area contributed by atoms with Crippen molar-refractivity contribution >= 4 is 28.9 Å². The summed E-state index contributed by atoms with van der Waals surface area (Å²) in [7, 11) is 0. The van der Waals surface area contributed by atoms with Gasteiger partial charge < -0.3 is 10.2 Å². The summed E-state index contributed by atoms with van der Waals surface area (Å²) < 4.78 is 0. The number of nitrogens with zero attached hydrogens (tertiary/aromatic N) is 1. The van der Waals surface area contributed by atoms with E-state index in [1.54, 1.807) is 24.3 Å². The van der Waals surface area contributed by atoms with Crippen molar-refractivity contribution in [3.05, 3.63) is 63.6 Å². The molecule has 0 aliphatic rings. The van der Waals surface area contributed by atoms with E-state index in [4.69, 9.17) is 28.3 Å². The van der Waals surface area contributed by atoms with Gasteiger partial charge in [0.25, 0.3) is 0 Å². The number of benzene rings is 2. The molecule has 2 N–H and O–H groups in total. The molecule has 0 aromatic heterocycles. The molecule has 0 amide bonds. The minimum atomic E-state index is 0.0633. The van der Waals surface area contributed by atoms with Crippen LogP contribution in [0.4, 0.5) is 0 Å². The van der Waals surface area contributed by atoms with Crippen molar-refractivity contribution in [2.24, 2.45) is 4.99 Å². The van der Waals surface area contributed by atoms with Crippen LogP contribution in [0.15, 0.2) is 47.5 Å². The van der Waals surface area contributed by atoms with Gasteiger partial charge in [-0.05, 0) is 36.8 Å². The maximum atomic E-state index is 10.1. The van der Waals surface area contributed by atoms with Gasteiger partial charge in [-0.25, -0.2) is 0 Å². The Hall–Kier alpha value is -1.55. The van der Waals surface area contributed by atoms with E-state index < -0.39 is 0 Å². The number of hydrogen-bond acceptors (Lipinski definition) is 3. The number of aliphatic imine (C=N–C) groups is 1. The molecule has 0 aliphatic heterocycles. The number of aromatic hydroxyl groups is 1. The number of rotatable bonds is 5. The first-order chi connectivity index (χ1) is 10.1. The van der Waals surface area contributed by atoms with Crippen LogP contribution in [0.1, 0.15) is 17.5 Å². The molecule has 2 rings (SSSR count). The highest BCUT2D eigenvalue weighted by Crippen LogP contribution is 2.26. The number of phenols is 1. The van der Waals surface area contributed by atoms with E-state index in [1.807, 2.05) is 12.1 Å². The molecule has 3 nitrogen and oxygen atoms in total. The predicted octanol–water partition coefficient (Wildman–Crippen LogP) is 3.92. The monoisotopic (exact) mass is 323 g/mol. The molecular weight excluding hydrogens is 309 g/mol. The second kappa shape index (κ2) is 7.46. The number of aliphatic hydroxyl groups excluding tert-OH is 1. The first kappa shape index (κ1) is 15.8. The SMILES string of the molecule is OCCCN=C(c1cccc(Cl)c1)c1cc(Cl)ccc1O. The van der Waals surface area contributed by atoms with Crippen LogP contribution < -0.4 is 0 Å². The van der Waals surface area contributed by atoms with Gasteiger partial charge in [0.05, 0.1) is 5.71 Å². The molecular formula is C16H15Cl2NO2. The number of aliphatic hydroxyl groups is 1. The van der Waals surface area contributed by atoms with Crippen molar-refractivity contribution in [3.63, 3.8) is 0 Å². The molecule has 0 bridgehead atoms. The second-order valence-corrected chi connectivity index (χ2v) is 5.35. The molecule has 5 heteroatoms. The molecule has 0 atom stereocenters. The van der Waals surface area contributed by atoms with Gasteiger partial charge in [-0.2, -0.15) is 0 Å². The Kier molecular flexibility index (Phi) is 5.62. The Balaban J connectivity index is 2.50. The third kappa shape index (κ3) is 4.21. The molecule has 0 heterocycles. The third-order valence-electron chi connectivity index (χ3n) is 2.90. The van der Waals surface area contributed by atoms with E-state index in [1.165, 1.54) is 6.07 Å². The standard InChI is InChI=1S/C16H15Cl2NO2/c17-12-4-1-3-11(9-12)16(19-7-2-8-20)14-10-13(18)5-6-15(14)21/h1,3-6,9-10,20-21H,2,7-8H2. The zero-order valence-corrected chi connectivity index (χ0v) is 12.8. The lowest BCUT2D eigenvalue weighted by molar-refractivity contribution is 0.291. The molecule has 0 spiro atoms. The van der Waals surface area contributed by atoms with E-state index in [2.05, 4.69) is 4.99 Å². The first-order valence-corrected chi connectivity index (χ1v) is 7.27. The van der Waals surface area contributed by atoms with Crippen molar-refractivity contribution in [2.75, 3.05) is 13.2 Å². The molecule has 0 unspecified atom stereocenters. The Labute approximate surface area is 133 Å². The maximum Gasteiger partial charge on any atom is 0.125 e. The van der Waals surface area contributed by atoms with Crippen LogP contribution in [0.2, 0.25) is 10.0 Å². The summed E-state index contributed by atoms with van der Waals surface area (Å²) in [4.78, 5) is 4.48. The fraction of sp³-hybridized carbons (Fsp3) is 0.188. The smallest absolute Gasteiger partial charge is 0.125 e. The molecule has 2 aromatic carbocycles. The molecule has 0 saturated heterocycles. The quantitative estimate of drug-likeness (QED) is 0.647. The van der Waals surface area contributed by atoms with Gasteiger partial charge >= 0.3 is 0 Å². The van der Waals surface area contributed by atoms with Gasteiger partial charge in [0, 0.05) is 34.3 Å². The zero-order valence-electron chi connectivity index (χ0n) is 11.3. The maximum absolute atomic E-state index is 10.1. The minimum absolute atomic E-state index is 0.0633. The molecule has 110 valence electrons. The van der Waals surface area contributed by atoms with Gasteiger partial charge in [-0.3, -0.25) is 4.99 Å². The Bertz CT molecular complexity index is 656. The Morgan fingerprint density at radius 1 is 1.05 bits per heavy atom. The minimum Gasteiger partial charge on any atom is -0.507 e. The van der Waals surface area contributed by atoms with Gasteiger partial charge in [-0.1, -0.05) is 35.3 Å². The lowest BCUT2D eigenvalue weighted by Gasteiger charge is -2.10. The molecule has 0 aliphatic carbocycles. The molecule has 0 saturated carbocycles. The summed E-state index contributed by atoms with van der Waals surface area (Å²) in [5, 5.41) is 20.1. The summed E-state index contributed by atoms with van der Waals surface area (Å²) in [5.74, 6) is 0.0992. The van der Waals surface area contributed by atoms with Crippen LogP contribution in [0.25, 0.3) is 0 Å². The van der Waals surface area contributed by atoms with E-state index in [-0.39, 0.29) is 12.4 Å². The van der Waals surface area contributed by atoms with Crippen LogP contribution in [0, 0.1) is 0 Å². The highest BCUT2D eigenvalue weighted by atomic mass is 35.5.